The molecule has 1 unspecified atom stereocenters. The second-order valence-electron chi connectivity index (χ2n) is 5.93. The maximum Gasteiger partial charge on any atom is 0.336 e. The van der Waals surface area contributed by atoms with Crippen molar-refractivity contribution < 1.29 is 18.7 Å². The van der Waals surface area contributed by atoms with Gasteiger partial charge in [0.25, 0.3) is 0 Å². The number of phenolic OH excluding ortho intramolecular Hbond substituents is 1. The maximum atomic E-state index is 12.9. The van der Waals surface area contributed by atoms with Crippen molar-refractivity contribution in [1.29, 1.82) is 0 Å². The third-order valence-corrected chi connectivity index (χ3v) is 6.92. The fourth-order valence-corrected chi connectivity index (χ4v) is 4.91. The molecular weight excluding hydrogens is 275 g/mol. The third kappa shape index (κ3) is 2.65. The molecule has 1 saturated carbocycles. The Labute approximate surface area is 120 Å². The average Bonchev–Trinajstić information content (AvgIpc) is 3.22. The molecule has 0 heterocycles. The highest BCUT2D eigenvalue weighted by molar-refractivity contribution is 7.55. The molecule has 0 aliphatic heterocycles. The molecule has 20 heavy (non-hydrogen) atoms. The van der Waals surface area contributed by atoms with E-state index < -0.39 is 12.8 Å². The van der Waals surface area contributed by atoms with Gasteiger partial charge in [-0.2, -0.15) is 0 Å². The van der Waals surface area contributed by atoms with Gasteiger partial charge in [0.2, 0.25) is 0 Å². The van der Waals surface area contributed by atoms with E-state index in [0.717, 1.165) is 18.4 Å². The summed E-state index contributed by atoms with van der Waals surface area (Å²) >= 11 is 0. The van der Waals surface area contributed by atoms with Crippen LogP contribution in [0.5, 0.6) is 5.75 Å². The molecule has 5 heteroatoms. The lowest BCUT2D eigenvalue weighted by Gasteiger charge is -2.38. The Bertz CT molecular complexity index is 514. The van der Waals surface area contributed by atoms with Gasteiger partial charge in [-0.3, -0.25) is 4.57 Å². The van der Waals surface area contributed by atoms with Crippen molar-refractivity contribution >= 4 is 7.60 Å². The van der Waals surface area contributed by atoms with Crippen molar-refractivity contribution in [2.24, 2.45) is 5.92 Å². The van der Waals surface area contributed by atoms with Gasteiger partial charge in [0, 0.05) is 20.1 Å². The van der Waals surface area contributed by atoms with Crippen molar-refractivity contribution in [2.45, 2.75) is 37.8 Å². The van der Waals surface area contributed by atoms with Gasteiger partial charge >= 0.3 is 7.60 Å². The Balaban J connectivity index is 2.45. The predicted octanol–water partition coefficient (Wildman–Crippen LogP) is 4.15. The highest BCUT2D eigenvalue weighted by atomic mass is 31.2. The minimum atomic E-state index is -3.22. The fourth-order valence-electron chi connectivity index (χ4n) is 3.12. The number of hydrogen-bond acceptors (Lipinski definition) is 4. The van der Waals surface area contributed by atoms with Crippen LogP contribution in [0.4, 0.5) is 0 Å². The van der Waals surface area contributed by atoms with Crippen LogP contribution in [-0.4, -0.2) is 24.5 Å². The van der Waals surface area contributed by atoms with Crippen LogP contribution < -0.4 is 0 Å². The van der Waals surface area contributed by atoms with E-state index in [1.165, 1.54) is 14.2 Å². The highest BCUT2D eigenvalue weighted by Crippen LogP contribution is 2.67. The van der Waals surface area contributed by atoms with E-state index in [1.807, 2.05) is 26.0 Å². The summed E-state index contributed by atoms with van der Waals surface area (Å²) in [6.07, 6.45) is 2.22. The van der Waals surface area contributed by atoms with Crippen LogP contribution in [0.25, 0.3) is 0 Å². The molecular formula is C15H23O4P. The summed E-state index contributed by atoms with van der Waals surface area (Å²) in [5.74, 6) is 0.736. The second-order valence-corrected chi connectivity index (χ2v) is 8.80. The van der Waals surface area contributed by atoms with Crippen molar-refractivity contribution in [2.75, 3.05) is 14.2 Å². The minimum Gasteiger partial charge on any atom is -0.508 e. The molecule has 1 N–H and O–H groups in total. The molecule has 1 aromatic carbocycles. The zero-order valence-corrected chi connectivity index (χ0v) is 13.4. The molecule has 1 aromatic rings. The second kappa shape index (κ2) is 5.51. The number of rotatable bonds is 6. The first-order valence-corrected chi connectivity index (χ1v) is 8.40. The van der Waals surface area contributed by atoms with Crippen LogP contribution in [0.3, 0.4) is 0 Å². The predicted molar refractivity (Wildman–Crippen MR) is 79.3 cm³/mol. The average molecular weight is 298 g/mol. The highest BCUT2D eigenvalue weighted by Gasteiger charge is 2.53. The van der Waals surface area contributed by atoms with Crippen LogP contribution >= 0.6 is 7.60 Å². The van der Waals surface area contributed by atoms with Crippen LogP contribution in [0.15, 0.2) is 24.3 Å². The molecule has 0 saturated heterocycles. The molecule has 112 valence electrons. The first-order chi connectivity index (χ1) is 9.35. The van der Waals surface area contributed by atoms with E-state index in [4.69, 9.17) is 9.05 Å². The largest absolute Gasteiger partial charge is 0.508 e. The molecule has 0 amide bonds. The maximum absolute atomic E-state index is 12.9. The Morgan fingerprint density at radius 1 is 1.30 bits per heavy atom. The molecule has 1 atom stereocenters. The first-order valence-electron chi connectivity index (χ1n) is 6.86. The molecule has 0 aromatic heterocycles. The van der Waals surface area contributed by atoms with Gasteiger partial charge in [0.1, 0.15) is 5.75 Å². The van der Waals surface area contributed by atoms with Crippen molar-refractivity contribution in [3.8, 4) is 5.75 Å². The number of phenols is 1. The Hall–Kier alpha value is -0.830. The van der Waals surface area contributed by atoms with E-state index in [-0.39, 0.29) is 11.7 Å². The summed E-state index contributed by atoms with van der Waals surface area (Å²) in [5.41, 5.74) is 0.992. The van der Waals surface area contributed by atoms with Gasteiger partial charge in [-0.25, -0.2) is 0 Å². The number of benzene rings is 1. The zero-order valence-electron chi connectivity index (χ0n) is 12.5. The molecule has 0 spiro atoms. The van der Waals surface area contributed by atoms with Gasteiger partial charge in [-0.05, 0) is 50.3 Å². The Morgan fingerprint density at radius 2 is 1.90 bits per heavy atom. The van der Waals surface area contributed by atoms with Gasteiger partial charge < -0.3 is 14.2 Å². The number of hydrogen-bond donors (Lipinski definition) is 1. The Kier molecular flexibility index (Phi) is 4.29. The lowest BCUT2D eigenvalue weighted by Crippen LogP contribution is -2.32. The van der Waals surface area contributed by atoms with Gasteiger partial charge in [-0.15, -0.1) is 0 Å². The topological polar surface area (TPSA) is 55.8 Å². The minimum absolute atomic E-state index is 0.0420. The summed E-state index contributed by atoms with van der Waals surface area (Å²) < 4.78 is 23.4. The molecule has 0 radical (unpaired) electrons. The van der Waals surface area contributed by atoms with Crippen LogP contribution in [0.2, 0.25) is 0 Å². The molecule has 0 bridgehead atoms. The van der Waals surface area contributed by atoms with E-state index in [1.54, 1.807) is 12.1 Å². The summed E-state index contributed by atoms with van der Waals surface area (Å²) in [6.45, 7) is 3.85. The van der Waals surface area contributed by atoms with Gasteiger partial charge in [-0.1, -0.05) is 12.1 Å². The van der Waals surface area contributed by atoms with Gasteiger partial charge in [0.05, 0.1) is 5.16 Å². The summed E-state index contributed by atoms with van der Waals surface area (Å²) in [5, 5.41) is 9.07. The molecule has 2 rings (SSSR count). The lowest BCUT2D eigenvalue weighted by atomic mass is 9.83. The van der Waals surface area contributed by atoms with Crippen LogP contribution in [0.1, 0.15) is 38.2 Å². The Morgan fingerprint density at radius 3 is 2.35 bits per heavy atom. The monoisotopic (exact) mass is 298 g/mol. The van der Waals surface area contributed by atoms with Crippen molar-refractivity contribution in [3.63, 3.8) is 0 Å². The molecule has 1 aliphatic rings. The van der Waals surface area contributed by atoms with Crippen molar-refractivity contribution in [1.82, 2.24) is 0 Å². The van der Waals surface area contributed by atoms with Crippen LogP contribution in [0, 0.1) is 5.92 Å². The molecule has 1 aliphatic carbocycles. The fraction of sp³-hybridized carbons (Fsp3) is 0.600. The van der Waals surface area contributed by atoms with E-state index >= 15 is 0 Å². The third-order valence-electron chi connectivity index (χ3n) is 4.27. The molecule has 4 nitrogen and oxygen atoms in total. The van der Waals surface area contributed by atoms with Gasteiger partial charge in [0.15, 0.2) is 0 Å². The summed E-state index contributed by atoms with van der Waals surface area (Å²) in [4.78, 5) is 0. The lowest BCUT2D eigenvalue weighted by molar-refractivity contribution is 0.237. The molecule has 1 fully saturated rings. The van der Waals surface area contributed by atoms with E-state index in [9.17, 15) is 9.67 Å². The smallest absolute Gasteiger partial charge is 0.336 e. The summed E-state index contributed by atoms with van der Waals surface area (Å²) in [7, 11) is -0.358. The first kappa shape index (κ1) is 15.6. The standard InChI is InChI=1S/C15H23O4P/c1-15(2,20(17,18-3)19-4)14(11-8-9-11)12-6-5-7-13(16)10-12/h5-7,10-11,14,16H,8-9H2,1-4H3. The van der Waals surface area contributed by atoms with E-state index in [2.05, 4.69) is 0 Å². The van der Waals surface area contributed by atoms with Crippen molar-refractivity contribution in [3.05, 3.63) is 29.8 Å². The quantitative estimate of drug-likeness (QED) is 0.802. The SMILES string of the molecule is COP(=O)(OC)C(C)(C)C(c1cccc(O)c1)C1CC1. The van der Waals surface area contributed by atoms with E-state index in [0.29, 0.717) is 5.92 Å². The normalized spacial score (nSPS) is 18.0. The summed E-state index contributed by atoms with van der Waals surface area (Å²) in [6, 6.07) is 7.19. The zero-order chi connectivity index (χ0) is 15.0. The van der Waals surface area contributed by atoms with Crippen LogP contribution in [-0.2, 0) is 13.6 Å². The number of aromatic hydroxyl groups is 1.